The largest absolute Gasteiger partial charge is 0.480 e. The number of carbonyl (C=O) groups excluding carboxylic acids is 1. The Morgan fingerprint density at radius 2 is 2.16 bits per heavy atom. The summed E-state index contributed by atoms with van der Waals surface area (Å²) in [4.78, 5) is 15.3. The lowest BCUT2D eigenvalue weighted by Crippen LogP contribution is -2.40. The average molecular weight is 356 g/mol. The first-order valence-corrected chi connectivity index (χ1v) is 9.43. The second kappa shape index (κ2) is 6.88. The molecule has 1 aliphatic heterocycles. The van der Waals surface area contributed by atoms with Crippen molar-refractivity contribution in [2.75, 3.05) is 19.7 Å². The summed E-state index contributed by atoms with van der Waals surface area (Å²) in [5.74, 6) is 1.29. The van der Waals surface area contributed by atoms with Crippen molar-refractivity contribution in [3.05, 3.63) is 35.7 Å². The van der Waals surface area contributed by atoms with E-state index in [1.807, 2.05) is 40.6 Å². The molecule has 0 N–H and O–H groups in total. The number of amides is 1. The Labute approximate surface area is 150 Å². The Hall–Kier alpha value is -2.34. The Kier molecular flexibility index (Phi) is 4.44. The zero-order valence-corrected chi connectivity index (χ0v) is 14.9. The van der Waals surface area contributed by atoms with Crippen LogP contribution in [0, 0.1) is 5.92 Å². The van der Waals surface area contributed by atoms with Gasteiger partial charge in [-0.2, -0.15) is 0 Å². The lowest BCUT2D eigenvalue weighted by molar-refractivity contribution is -0.134. The average Bonchev–Trinajstić information content (AvgIpc) is 3.29. The molecule has 3 heterocycles. The van der Waals surface area contributed by atoms with Crippen LogP contribution < -0.4 is 4.74 Å². The SMILES string of the molecule is CC1CCN(C(=O)COc2cccc3c(-c4cccs4)noc23)CC1. The Morgan fingerprint density at radius 1 is 1.32 bits per heavy atom. The molecule has 1 aliphatic rings. The Morgan fingerprint density at radius 3 is 2.92 bits per heavy atom. The van der Waals surface area contributed by atoms with Crippen molar-refractivity contribution in [3.8, 4) is 16.3 Å². The summed E-state index contributed by atoms with van der Waals surface area (Å²) in [6.45, 7) is 3.90. The summed E-state index contributed by atoms with van der Waals surface area (Å²) < 4.78 is 11.3. The van der Waals surface area contributed by atoms with E-state index in [-0.39, 0.29) is 12.5 Å². The molecule has 0 bridgehead atoms. The quantitative estimate of drug-likeness (QED) is 0.703. The van der Waals surface area contributed by atoms with Crippen LogP contribution in [0.4, 0.5) is 0 Å². The molecule has 3 aromatic rings. The van der Waals surface area contributed by atoms with Crippen molar-refractivity contribution in [1.82, 2.24) is 10.1 Å². The highest BCUT2D eigenvalue weighted by atomic mass is 32.1. The third kappa shape index (κ3) is 3.26. The lowest BCUT2D eigenvalue weighted by Gasteiger charge is -2.30. The van der Waals surface area contributed by atoms with Gasteiger partial charge in [0.1, 0.15) is 5.69 Å². The number of likely N-dealkylation sites (tertiary alicyclic amines) is 1. The molecule has 0 spiro atoms. The van der Waals surface area contributed by atoms with E-state index in [4.69, 9.17) is 9.26 Å². The van der Waals surface area contributed by atoms with Gasteiger partial charge in [-0.25, -0.2) is 0 Å². The van der Waals surface area contributed by atoms with E-state index in [1.165, 1.54) is 0 Å². The minimum absolute atomic E-state index is 0.0295. The number of nitrogens with zero attached hydrogens (tertiary/aromatic N) is 2. The predicted octanol–water partition coefficient (Wildman–Crippen LogP) is 4.19. The van der Waals surface area contributed by atoms with Crippen LogP contribution in [0.15, 0.2) is 40.2 Å². The maximum atomic E-state index is 12.4. The molecule has 1 saturated heterocycles. The van der Waals surface area contributed by atoms with E-state index < -0.39 is 0 Å². The lowest BCUT2D eigenvalue weighted by atomic mass is 9.99. The van der Waals surface area contributed by atoms with Crippen LogP contribution in [-0.4, -0.2) is 35.7 Å². The first-order valence-electron chi connectivity index (χ1n) is 8.55. The number of piperidine rings is 1. The number of aromatic nitrogens is 1. The molecule has 5 nitrogen and oxygen atoms in total. The van der Waals surface area contributed by atoms with Crippen LogP contribution >= 0.6 is 11.3 Å². The molecule has 130 valence electrons. The van der Waals surface area contributed by atoms with E-state index in [0.29, 0.717) is 17.3 Å². The summed E-state index contributed by atoms with van der Waals surface area (Å²) in [5.41, 5.74) is 1.40. The standard InChI is InChI=1S/C19H20N2O3S/c1-13-7-9-21(10-8-13)17(22)12-23-15-5-2-4-14-18(20-24-19(14)15)16-6-3-11-25-16/h2-6,11,13H,7-10,12H2,1H3. The van der Waals surface area contributed by atoms with Crippen molar-refractivity contribution in [3.63, 3.8) is 0 Å². The van der Waals surface area contributed by atoms with Crippen molar-refractivity contribution in [2.45, 2.75) is 19.8 Å². The van der Waals surface area contributed by atoms with Gasteiger partial charge in [0.25, 0.3) is 5.91 Å². The first kappa shape index (κ1) is 16.1. The molecule has 0 saturated carbocycles. The molecule has 6 heteroatoms. The molecule has 4 rings (SSSR count). The number of hydrogen-bond acceptors (Lipinski definition) is 5. The van der Waals surface area contributed by atoms with Crippen LogP contribution in [0.2, 0.25) is 0 Å². The maximum absolute atomic E-state index is 12.4. The predicted molar refractivity (Wildman–Crippen MR) is 97.8 cm³/mol. The molecule has 25 heavy (non-hydrogen) atoms. The summed E-state index contributed by atoms with van der Waals surface area (Å²) in [5, 5.41) is 7.09. The minimum Gasteiger partial charge on any atom is -0.480 e. The normalized spacial score (nSPS) is 15.6. The van der Waals surface area contributed by atoms with Crippen LogP contribution in [-0.2, 0) is 4.79 Å². The smallest absolute Gasteiger partial charge is 0.260 e. The molecule has 2 aromatic heterocycles. The fourth-order valence-electron chi connectivity index (χ4n) is 3.13. The van der Waals surface area contributed by atoms with Gasteiger partial charge in [-0.1, -0.05) is 24.2 Å². The molecule has 1 fully saturated rings. The van der Waals surface area contributed by atoms with Gasteiger partial charge in [0.2, 0.25) is 5.58 Å². The van der Waals surface area contributed by atoms with Crippen LogP contribution in [0.1, 0.15) is 19.8 Å². The summed E-state index contributed by atoms with van der Waals surface area (Å²) in [6, 6.07) is 9.67. The van der Waals surface area contributed by atoms with E-state index in [1.54, 1.807) is 11.3 Å². The number of thiophene rings is 1. The van der Waals surface area contributed by atoms with Gasteiger partial charge in [-0.05, 0) is 42.3 Å². The maximum Gasteiger partial charge on any atom is 0.260 e. The van der Waals surface area contributed by atoms with Gasteiger partial charge in [0.05, 0.1) is 10.3 Å². The van der Waals surface area contributed by atoms with Gasteiger partial charge in [-0.15, -0.1) is 11.3 Å². The highest BCUT2D eigenvalue weighted by Crippen LogP contribution is 2.35. The number of para-hydroxylation sites is 1. The topological polar surface area (TPSA) is 55.6 Å². The van der Waals surface area contributed by atoms with Gasteiger partial charge in [0, 0.05) is 13.1 Å². The Balaban J connectivity index is 1.49. The van der Waals surface area contributed by atoms with Crippen molar-refractivity contribution in [1.29, 1.82) is 0 Å². The highest BCUT2D eigenvalue weighted by Gasteiger charge is 2.21. The minimum atomic E-state index is 0.0295. The molecular formula is C19H20N2O3S. The summed E-state index contributed by atoms with van der Waals surface area (Å²) >= 11 is 1.61. The molecule has 1 aromatic carbocycles. The molecule has 0 atom stereocenters. The van der Waals surface area contributed by atoms with Crippen molar-refractivity contribution >= 4 is 28.2 Å². The third-order valence-corrected chi connectivity index (χ3v) is 5.58. The monoisotopic (exact) mass is 356 g/mol. The molecule has 0 unspecified atom stereocenters. The van der Waals surface area contributed by atoms with E-state index in [0.717, 1.165) is 41.9 Å². The van der Waals surface area contributed by atoms with Gasteiger partial charge >= 0.3 is 0 Å². The second-order valence-corrected chi connectivity index (χ2v) is 7.44. The Bertz CT molecular complexity index is 864. The molecule has 0 aliphatic carbocycles. The number of hydrogen-bond donors (Lipinski definition) is 0. The number of benzene rings is 1. The highest BCUT2D eigenvalue weighted by molar-refractivity contribution is 7.13. The zero-order chi connectivity index (χ0) is 17.2. The van der Waals surface area contributed by atoms with E-state index in [9.17, 15) is 4.79 Å². The van der Waals surface area contributed by atoms with Crippen molar-refractivity contribution in [2.24, 2.45) is 5.92 Å². The summed E-state index contributed by atoms with van der Waals surface area (Å²) in [7, 11) is 0. The first-order chi connectivity index (χ1) is 12.2. The van der Waals surface area contributed by atoms with E-state index >= 15 is 0 Å². The molecular weight excluding hydrogens is 336 g/mol. The van der Waals surface area contributed by atoms with Gasteiger partial charge < -0.3 is 14.2 Å². The molecule has 1 amide bonds. The van der Waals surface area contributed by atoms with Crippen LogP contribution in [0.25, 0.3) is 21.5 Å². The fourth-order valence-corrected chi connectivity index (χ4v) is 3.85. The summed E-state index contributed by atoms with van der Waals surface area (Å²) in [6.07, 6.45) is 2.13. The zero-order valence-electron chi connectivity index (χ0n) is 14.1. The van der Waals surface area contributed by atoms with Gasteiger partial charge in [-0.3, -0.25) is 4.79 Å². The van der Waals surface area contributed by atoms with Crippen LogP contribution in [0.3, 0.4) is 0 Å². The fraction of sp³-hybridized carbons (Fsp3) is 0.368. The number of fused-ring (bicyclic) bond motifs is 1. The van der Waals surface area contributed by atoms with E-state index in [2.05, 4.69) is 12.1 Å². The number of ether oxygens (including phenoxy) is 1. The third-order valence-electron chi connectivity index (χ3n) is 4.70. The van der Waals surface area contributed by atoms with Crippen molar-refractivity contribution < 1.29 is 14.1 Å². The van der Waals surface area contributed by atoms with Crippen LogP contribution in [0.5, 0.6) is 5.75 Å². The second-order valence-electron chi connectivity index (χ2n) is 6.49. The molecule has 0 radical (unpaired) electrons. The number of carbonyl (C=O) groups is 1. The number of rotatable bonds is 4. The van der Waals surface area contributed by atoms with Gasteiger partial charge in [0.15, 0.2) is 12.4 Å².